The average molecular weight is 391 g/mol. The molecule has 1 aliphatic heterocycles. The van der Waals surface area contributed by atoms with Crippen molar-refractivity contribution in [1.82, 2.24) is 20.1 Å². The second kappa shape index (κ2) is 11.4. The number of aromatic nitrogens is 1. The predicted molar refractivity (Wildman–Crippen MR) is 113 cm³/mol. The van der Waals surface area contributed by atoms with Crippen LogP contribution in [0.5, 0.6) is 0 Å². The molecule has 0 aliphatic carbocycles. The third-order valence-electron chi connectivity index (χ3n) is 4.75. The van der Waals surface area contributed by atoms with Crippen LogP contribution in [0.2, 0.25) is 0 Å². The molecule has 0 aromatic carbocycles. The molecule has 28 heavy (non-hydrogen) atoms. The van der Waals surface area contributed by atoms with Crippen molar-refractivity contribution >= 4 is 17.9 Å². The summed E-state index contributed by atoms with van der Waals surface area (Å²) in [7, 11) is 0. The van der Waals surface area contributed by atoms with E-state index in [4.69, 9.17) is 9.73 Å². The van der Waals surface area contributed by atoms with Crippen molar-refractivity contribution in [2.24, 2.45) is 4.99 Å². The van der Waals surface area contributed by atoms with Crippen molar-refractivity contribution in [3.05, 3.63) is 23.9 Å². The molecule has 1 aromatic heterocycles. The Morgan fingerprint density at radius 2 is 1.82 bits per heavy atom. The molecule has 8 heteroatoms. The van der Waals surface area contributed by atoms with Crippen molar-refractivity contribution in [3.8, 4) is 0 Å². The molecule has 156 valence electrons. The van der Waals surface area contributed by atoms with E-state index in [0.29, 0.717) is 26.2 Å². The number of aliphatic imine (C=N–C) groups is 1. The number of ether oxygens (including phenoxy) is 1. The van der Waals surface area contributed by atoms with E-state index in [9.17, 15) is 4.79 Å². The Kier molecular flexibility index (Phi) is 8.84. The number of rotatable bonds is 7. The van der Waals surface area contributed by atoms with Gasteiger partial charge >= 0.3 is 6.09 Å². The summed E-state index contributed by atoms with van der Waals surface area (Å²) in [5.74, 6) is 1.87. The van der Waals surface area contributed by atoms with Gasteiger partial charge in [0.05, 0.1) is 13.2 Å². The molecule has 1 fully saturated rings. The van der Waals surface area contributed by atoms with E-state index < -0.39 is 0 Å². The van der Waals surface area contributed by atoms with E-state index in [-0.39, 0.29) is 6.09 Å². The molecular weight excluding hydrogens is 356 g/mol. The molecule has 1 saturated heterocycles. The Bertz CT molecular complexity index is 622. The van der Waals surface area contributed by atoms with Crippen LogP contribution in [0.3, 0.4) is 0 Å². The highest BCUT2D eigenvalue weighted by Crippen LogP contribution is 2.12. The Hall–Kier alpha value is -2.51. The SMILES string of the molecule is CCNC(=NCc1ccc(N(CC)CC)nc1)N1CCN(C(=O)OCC)CC1. The van der Waals surface area contributed by atoms with Crippen LogP contribution >= 0.6 is 0 Å². The number of guanidine groups is 1. The maximum Gasteiger partial charge on any atom is 0.409 e. The van der Waals surface area contributed by atoms with Crippen molar-refractivity contribution in [3.63, 3.8) is 0 Å². The summed E-state index contributed by atoms with van der Waals surface area (Å²) < 4.78 is 5.08. The van der Waals surface area contributed by atoms with Crippen molar-refractivity contribution in [1.29, 1.82) is 0 Å². The number of nitrogens with one attached hydrogen (secondary N) is 1. The number of anilines is 1. The first-order valence-electron chi connectivity index (χ1n) is 10.3. The lowest BCUT2D eigenvalue weighted by Gasteiger charge is -2.35. The van der Waals surface area contributed by atoms with E-state index in [2.05, 4.69) is 53.0 Å². The largest absolute Gasteiger partial charge is 0.450 e. The number of carbonyl (C=O) groups excluding carboxylic acids is 1. The van der Waals surface area contributed by atoms with E-state index in [1.165, 1.54) is 0 Å². The zero-order valence-corrected chi connectivity index (χ0v) is 17.6. The molecule has 1 N–H and O–H groups in total. The highest BCUT2D eigenvalue weighted by Gasteiger charge is 2.23. The van der Waals surface area contributed by atoms with Gasteiger partial charge < -0.3 is 24.8 Å². The molecule has 1 amide bonds. The summed E-state index contributed by atoms with van der Waals surface area (Å²) in [5, 5.41) is 3.35. The maximum absolute atomic E-state index is 11.9. The zero-order chi connectivity index (χ0) is 20.4. The number of carbonyl (C=O) groups is 1. The van der Waals surface area contributed by atoms with Gasteiger partial charge in [0, 0.05) is 52.0 Å². The number of hydrogen-bond donors (Lipinski definition) is 1. The molecule has 1 aliphatic rings. The fraction of sp³-hybridized carbons (Fsp3) is 0.650. The molecule has 0 bridgehead atoms. The fourth-order valence-electron chi connectivity index (χ4n) is 3.15. The van der Waals surface area contributed by atoms with Crippen LogP contribution in [0.4, 0.5) is 10.6 Å². The van der Waals surface area contributed by atoms with Gasteiger partial charge in [-0.05, 0) is 39.3 Å². The van der Waals surface area contributed by atoms with E-state index in [1.54, 1.807) is 4.90 Å². The van der Waals surface area contributed by atoms with Gasteiger partial charge in [-0.25, -0.2) is 14.8 Å². The molecule has 2 rings (SSSR count). The first kappa shape index (κ1) is 21.8. The van der Waals surface area contributed by atoms with Crippen LogP contribution in [0.25, 0.3) is 0 Å². The molecule has 0 unspecified atom stereocenters. The predicted octanol–water partition coefficient (Wildman–Crippen LogP) is 2.17. The third kappa shape index (κ3) is 6.00. The van der Waals surface area contributed by atoms with Gasteiger partial charge in [0.25, 0.3) is 0 Å². The van der Waals surface area contributed by atoms with E-state index in [0.717, 1.165) is 50.1 Å². The van der Waals surface area contributed by atoms with Crippen LogP contribution < -0.4 is 10.2 Å². The summed E-state index contributed by atoms with van der Waals surface area (Å²) in [4.78, 5) is 27.4. The molecule has 0 saturated carbocycles. The minimum absolute atomic E-state index is 0.233. The number of pyridine rings is 1. The number of piperazine rings is 1. The summed E-state index contributed by atoms with van der Waals surface area (Å²) >= 11 is 0. The van der Waals surface area contributed by atoms with Gasteiger partial charge in [-0.15, -0.1) is 0 Å². The lowest BCUT2D eigenvalue weighted by Crippen LogP contribution is -2.53. The van der Waals surface area contributed by atoms with Crippen molar-refractivity contribution < 1.29 is 9.53 Å². The van der Waals surface area contributed by atoms with Crippen LogP contribution in [0, 0.1) is 0 Å². The number of nitrogens with zero attached hydrogens (tertiary/aromatic N) is 5. The van der Waals surface area contributed by atoms with Gasteiger partial charge in [0.2, 0.25) is 0 Å². The molecule has 1 aromatic rings. The van der Waals surface area contributed by atoms with Gasteiger partial charge in [-0.3, -0.25) is 0 Å². The quantitative estimate of drug-likeness (QED) is 0.568. The van der Waals surface area contributed by atoms with E-state index in [1.807, 2.05) is 13.1 Å². The standard InChI is InChI=1S/C20H34N6O2/c1-5-21-19(25-11-13-26(14-12-25)20(27)28-8-4)23-16-17-9-10-18(22-15-17)24(6-2)7-3/h9-10,15H,5-8,11-14,16H2,1-4H3,(H,21,23). The maximum atomic E-state index is 11.9. The molecule has 0 spiro atoms. The fourth-order valence-corrected chi connectivity index (χ4v) is 3.15. The van der Waals surface area contributed by atoms with Crippen LogP contribution in [-0.2, 0) is 11.3 Å². The first-order valence-corrected chi connectivity index (χ1v) is 10.3. The number of hydrogen-bond acceptors (Lipinski definition) is 5. The Morgan fingerprint density at radius 3 is 2.36 bits per heavy atom. The smallest absolute Gasteiger partial charge is 0.409 e. The molecule has 0 radical (unpaired) electrons. The van der Waals surface area contributed by atoms with Gasteiger partial charge in [0.15, 0.2) is 5.96 Å². The van der Waals surface area contributed by atoms with Crippen LogP contribution in [-0.4, -0.2) is 79.3 Å². The van der Waals surface area contributed by atoms with Crippen LogP contribution in [0.1, 0.15) is 33.3 Å². The normalized spacial score (nSPS) is 14.8. The van der Waals surface area contributed by atoms with Gasteiger partial charge in [-0.1, -0.05) is 6.07 Å². The Morgan fingerprint density at radius 1 is 1.14 bits per heavy atom. The Labute approximate surface area is 168 Å². The van der Waals surface area contributed by atoms with Crippen molar-refractivity contribution in [2.45, 2.75) is 34.2 Å². The van der Waals surface area contributed by atoms with Gasteiger partial charge in [-0.2, -0.15) is 0 Å². The Balaban J connectivity index is 1.96. The topological polar surface area (TPSA) is 73.3 Å². The minimum atomic E-state index is -0.233. The van der Waals surface area contributed by atoms with Gasteiger partial charge in [0.1, 0.15) is 5.82 Å². The lowest BCUT2D eigenvalue weighted by molar-refractivity contribution is 0.0914. The first-order chi connectivity index (χ1) is 13.6. The summed E-state index contributed by atoms with van der Waals surface area (Å²) in [6.45, 7) is 14.6. The summed E-state index contributed by atoms with van der Waals surface area (Å²) in [6.07, 6.45) is 1.67. The highest BCUT2D eigenvalue weighted by atomic mass is 16.6. The number of amides is 1. The lowest BCUT2D eigenvalue weighted by atomic mass is 10.2. The second-order valence-electron chi connectivity index (χ2n) is 6.54. The monoisotopic (exact) mass is 390 g/mol. The summed E-state index contributed by atoms with van der Waals surface area (Å²) in [5.41, 5.74) is 1.08. The van der Waals surface area contributed by atoms with E-state index >= 15 is 0 Å². The van der Waals surface area contributed by atoms with Crippen LogP contribution in [0.15, 0.2) is 23.3 Å². The molecule has 2 heterocycles. The minimum Gasteiger partial charge on any atom is -0.450 e. The molecule has 8 nitrogen and oxygen atoms in total. The second-order valence-corrected chi connectivity index (χ2v) is 6.54. The third-order valence-corrected chi connectivity index (χ3v) is 4.75. The molecule has 0 atom stereocenters. The zero-order valence-electron chi connectivity index (χ0n) is 17.6. The average Bonchev–Trinajstić information content (AvgIpc) is 2.73. The molecular formula is C20H34N6O2. The summed E-state index contributed by atoms with van der Waals surface area (Å²) in [6, 6.07) is 4.15. The highest BCUT2D eigenvalue weighted by molar-refractivity contribution is 5.80. The van der Waals surface area contributed by atoms with Crippen molar-refractivity contribution in [2.75, 3.05) is 57.3 Å².